The zero-order chi connectivity index (χ0) is 18.9. The first kappa shape index (κ1) is 19.7. The average molecular weight is 382 g/mol. The number of benzene rings is 2. The van der Waals surface area contributed by atoms with Crippen molar-refractivity contribution in [3.05, 3.63) is 77.2 Å². The van der Waals surface area contributed by atoms with Gasteiger partial charge in [0.1, 0.15) is 5.82 Å². The van der Waals surface area contributed by atoms with Crippen LogP contribution in [-0.4, -0.2) is 9.97 Å². The number of nitrogens with zero attached hydrogens (tertiary/aromatic N) is 1. The van der Waals surface area contributed by atoms with Gasteiger partial charge >= 0.3 is 0 Å². The van der Waals surface area contributed by atoms with E-state index in [-0.39, 0.29) is 6.04 Å². The Balaban J connectivity index is 1.70. The molecule has 0 spiro atoms. The minimum atomic E-state index is 0.207. The second-order valence-corrected chi connectivity index (χ2v) is 7.40. The molecule has 0 aliphatic carbocycles. The molecule has 142 valence electrons. The van der Waals surface area contributed by atoms with Gasteiger partial charge in [-0.3, -0.25) is 0 Å². The maximum absolute atomic E-state index is 6.12. The summed E-state index contributed by atoms with van der Waals surface area (Å²) in [6.45, 7) is 3.02. The SMILES string of the molecule is CCCCCCC(NCc1cccc(Cl)c1)c1ncc(-c2ccccc2)[nH]1. The van der Waals surface area contributed by atoms with Gasteiger partial charge in [-0.1, -0.05) is 86.7 Å². The first-order valence-electron chi connectivity index (χ1n) is 9.84. The fraction of sp³-hybridized carbons (Fsp3) is 0.348. The monoisotopic (exact) mass is 381 g/mol. The van der Waals surface area contributed by atoms with Crippen molar-refractivity contribution >= 4 is 11.6 Å². The summed E-state index contributed by atoms with van der Waals surface area (Å²) < 4.78 is 0. The Bertz CT molecular complexity index is 813. The van der Waals surface area contributed by atoms with Gasteiger partial charge in [-0.2, -0.15) is 0 Å². The van der Waals surface area contributed by atoms with Gasteiger partial charge in [-0.05, 0) is 29.7 Å². The van der Waals surface area contributed by atoms with E-state index >= 15 is 0 Å². The minimum absolute atomic E-state index is 0.207. The molecule has 0 fully saturated rings. The van der Waals surface area contributed by atoms with Gasteiger partial charge < -0.3 is 10.3 Å². The van der Waals surface area contributed by atoms with Crippen LogP contribution in [0.25, 0.3) is 11.3 Å². The van der Waals surface area contributed by atoms with Crippen LogP contribution in [0.5, 0.6) is 0 Å². The number of H-pyrrole nitrogens is 1. The Morgan fingerprint density at radius 2 is 1.89 bits per heavy atom. The van der Waals surface area contributed by atoms with Crippen LogP contribution in [0.15, 0.2) is 60.8 Å². The fourth-order valence-electron chi connectivity index (χ4n) is 3.28. The molecule has 3 aromatic rings. The number of unbranched alkanes of at least 4 members (excludes halogenated alkanes) is 3. The van der Waals surface area contributed by atoms with E-state index in [4.69, 9.17) is 11.6 Å². The second kappa shape index (κ2) is 10.3. The third-order valence-corrected chi connectivity index (χ3v) is 5.03. The van der Waals surface area contributed by atoms with Crippen LogP contribution in [0.3, 0.4) is 0 Å². The molecule has 2 N–H and O–H groups in total. The van der Waals surface area contributed by atoms with Gasteiger partial charge in [0.25, 0.3) is 0 Å². The molecular weight excluding hydrogens is 354 g/mol. The van der Waals surface area contributed by atoms with E-state index in [1.807, 2.05) is 30.5 Å². The molecular formula is C23H28ClN3. The molecule has 1 atom stereocenters. The van der Waals surface area contributed by atoms with Crippen molar-refractivity contribution in [3.8, 4) is 11.3 Å². The largest absolute Gasteiger partial charge is 0.341 e. The van der Waals surface area contributed by atoms with Crippen LogP contribution in [0.4, 0.5) is 0 Å². The molecule has 4 heteroatoms. The van der Waals surface area contributed by atoms with Crippen LogP contribution in [0.1, 0.15) is 56.5 Å². The molecule has 0 saturated carbocycles. The van der Waals surface area contributed by atoms with E-state index in [9.17, 15) is 0 Å². The molecule has 0 radical (unpaired) electrons. The third-order valence-electron chi connectivity index (χ3n) is 4.80. The van der Waals surface area contributed by atoms with E-state index in [2.05, 4.69) is 52.5 Å². The first-order chi connectivity index (χ1) is 13.3. The van der Waals surface area contributed by atoms with Crippen molar-refractivity contribution in [1.29, 1.82) is 0 Å². The molecule has 1 heterocycles. The standard InChI is InChI=1S/C23H28ClN3/c1-2-3-4-8-14-21(25-16-18-10-9-13-20(24)15-18)23-26-17-22(27-23)19-11-6-5-7-12-19/h5-7,9-13,15,17,21,25H,2-4,8,14,16H2,1H3,(H,26,27). The molecule has 0 aliphatic rings. The molecule has 3 rings (SSSR count). The van der Waals surface area contributed by atoms with Crippen LogP contribution >= 0.6 is 11.6 Å². The highest BCUT2D eigenvalue weighted by Gasteiger charge is 2.15. The summed E-state index contributed by atoms with van der Waals surface area (Å²) in [6.07, 6.45) is 8.00. The Morgan fingerprint density at radius 3 is 2.67 bits per heavy atom. The summed E-state index contributed by atoms with van der Waals surface area (Å²) in [6, 6.07) is 18.6. The predicted octanol–water partition coefficient (Wildman–Crippen LogP) is 6.53. The van der Waals surface area contributed by atoms with Gasteiger partial charge in [0.2, 0.25) is 0 Å². The molecule has 1 unspecified atom stereocenters. The quantitative estimate of drug-likeness (QED) is 0.392. The van der Waals surface area contributed by atoms with Crippen LogP contribution < -0.4 is 5.32 Å². The van der Waals surface area contributed by atoms with Gasteiger partial charge in [-0.15, -0.1) is 0 Å². The van der Waals surface area contributed by atoms with E-state index in [1.54, 1.807) is 0 Å². The lowest BCUT2D eigenvalue weighted by Crippen LogP contribution is -2.22. The number of imidazole rings is 1. The van der Waals surface area contributed by atoms with Gasteiger partial charge in [0.15, 0.2) is 0 Å². The van der Waals surface area contributed by atoms with Gasteiger partial charge in [0.05, 0.1) is 17.9 Å². The lowest BCUT2D eigenvalue weighted by atomic mass is 10.1. The number of nitrogens with one attached hydrogen (secondary N) is 2. The van der Waals surface area contributed by atoms with Crippen molar-refractivity contribution in [2.75, 3.05) is 0 Å². The zero-order valence-corrected chi connectivity index (χ0v) is 16.7. The van der Waals surface area contributed by atoms with E-state index in [1.165, 1.54) is 31.2 Å². The van der Waals surface area contributed by atoms with Gasteiger partial charge in [-0.25, -0.2) is 4.98 Å². The second-order valence-electron chi connectivity index (χ2n) is 6.96. The summed E-state index contributed by atoms with van der Waals surface area (Å²) in [5.41, 5.74) is 3.42. The maximum Gasteiger partial charge on any atom is 0.123 e. The van der Waals surface area contributed by atoms with Crippen LogP contribution in [0, 0.1) is 0 Å². The molecule has 0 saturated heterocycles. The molecule has 0 aliphatic heterocycles. The third kappa shape index (κ3) is 5.95. The summed E-state index contributed by atoms with van der Waals surface area (Å²) in [4.78, 5) is 8.20. The highest BCUT2D eigenvalue weighted by molar-refractivity contribution is 6.30. The van der Waals surface area contributed by atoms with E-state index < -0.39 is 0 Å². The summed E-state index contributed by atoms with van der Waals surface area (Å²) in [5.74, 6) is 1.01. The molecule has 27 heavy (non-hydrogen) atoms. The molecule has 1 aromatic heterocycles. The number of hydrogen-bond acceptors (Lipinski definition) is 2. The normalized spacial score (nSPS) is 12.2. The Morgan fingerprint density at radius 1 is 1.04 bits per heavy atom. The number of aromatic nitrogens is 2. The first-order valence-corrected chi connectivity index (χ1v) is 10.2. The summed E-state index contributed by atoms with van der Waals surface area (Å²) in [7, 11) is 0. The summed E-state index contributed by atoms with van der Waals surface area (Å²) >= 11 is 6.12. The number of halogens is 1. The minimum Gasteiger partial charge on any atom is -0.341 e. The maximum atomic E-state index is 6.12. The smallest absolute Gasteiger partial charge is 0.123 e. The van der Waals surface area contributed by atoms with Crippen LogP contribution in [0.2, 0.25) is 5.02 Å². The van der Waals surface area contributed by atoms with Crippen molar-refractivity contribution in [2.24, 2.45) is 0 Å². The van der Waals surface area contributed by atoms with Crippen molar-refractivity contribution in [1.82, 2.24) is 15.3 Å². The zero-order valence-electron chi connectivity index (χ0n) is 15.9. The predicted molar refractivity (Wildman–Crippen MR) is 114 cm³/mol. The molecule has 0 amide bonds. The van der Waals surface area contributed by atoms with Crippen molar-refractivity contribution < 1.29 is 0 Å². The Labute approximate surface area is 167 Å². The summed E-state index contributed by atoms with van der Waals surface area (Å²) in [5, 5.41) is 4.44. The van der Waals surface area contributed by atoms with Gasteiger partial charge in [0, 0.05) is 11.6 Å². The lowest BCUT2D eigenvalue weighted by Gasteiger charge is -2.17. The van der Waals surface area contributed by atoms with Crippen molar-refractivity contribution in [3.63, 3.8) is 0 Å². The highest BCUT2D eigenvalue weighted by atomic mass is 35.5. The van der Waals surface area contributed by atoms with E-state index in [0.29, 0.717) is 0 Å². The average Bonchev–Trinajstić information content (AvgIpc) is 3.18. The highest BCUT2D eigenvalue weighted by Crippen LogP contribution is 2.23. The fourth-order valence-corrected chi connectivity index (χ4v) is 3.49. The van der Waals surface area contributed by atoms with Crippen molar-refractivity contribution in [2.45, 2.75) is 51.6 Å². The topological polar surface area (TPSA) is 40.7 Å². The molecule has 3 nitrogen and oxygen atoms in total. The molecule has 0 bridgehead atoms. The Kier molecular flexibility index (Phi) is 7.49. The lowest BCUT2D eigenvalue weighted by molar-refractivity contribution is 0.453. The van der Waals surface area contributed by atoms with Crippen LogP contribution in [-0.2, 0) is 6.54 Å². The number of hydrogen-bond donors (Lipinski definition) is 2. The number of rotatable bonds is 10. The number of aromatic amines is 1. The molecule has 2 aromatic carbocycles. The van der Waals surface area contributed by atoms with E-state index in [0.717, 1.165) is 35.1 Å². The Hall–Kier alpha value is -2.10.